The molecule has 0 unspecified atom stereocenters. The van der Waals surface area contributed by atoms with Crippen molar-refractivity contribution in [2.24, 2.45) is 0 Å². The largest absolute Gasteiger partial charge is 0.444 e. The first-order valence-electron chi connectivity index (χ1n) is 9.92. The van der Waals surface area contributed by atoms with Gasteiger partial charge in [-0.2, -0.15) is 13.2 Å². The van der Waals surface area contributed by atoms with Gasteiger partial charge in [-0.15, -0.1) is 0 Å². The highest BCUT2D eigenvalue weighted by atomic mass is 35.5. The molecule has 0 aliphatic carbocycles. The molecule has 1 aliphatic rings. The van der Waals surface area contributed by atoms with Gasteiger partial charge in [0.05, 0.1) is 10.6 Å². The van der Waals surface area contributed by atoms with Gasteiger partial charge in [-0.1, -0.05) is 23.7 Å². The van der Waals surface area contributed by atoms with Gasteiger partial charge in [0.2, 0.25) is 5.88 Å². The first kappa shape index (κ1) is 23.2. The number of carbonyl (C=O) groups excluding carboxylic acids is 1. The van der Waals surface area contributed by atoms with E-state index in [4.69, 9.17) is 21.1 Å². The molecular formula is C22H24ClF3N2O3. The van der Waals surface area contributed by atoms with Crippen LogP contribution in [0.15, 0.2) is 36.5 Å². The number of nitrogens with zero attached hydrogens (tertiary/aromatic N) is 2. The molecule has 1 saturated heterocycles. The van der Waals surface area contributed by atoms with Crippen LogP contribution in [0.1, 0.15) is 50.7 Å². The van der Waals surface area contributed by atoms with Gasteiger partial charge in [-0.05, 0) is 57.7 Å². The summed E-state index contributed by atoms with van der Waals surface area (Å²) in [6, 6.07) is 7.10. The Morgan fingerprint density at radius 3 is 2.42 bits per heavy atom. The van der Waals surface area contributed by atoms with Gasteiger partial charge in [-0.25, -0.2) is 9.78 Å². The van der Waals surface area contributed by atoms with Gasteiger partial charge in [0.15, 0.2) is 0 Å². The van der Waals surface area contributed by atoms with Crippen molar-refractivity contribution < 1.29 is 27.4 Å². The molecule has 1 aromatic carbocycles. The Morgan fingerprint density at radius 2 is 1.81 bits per heavy atom. The van der Waals surface area contributed by atoms with Gasteiger partial charge in [0.25, 0.3) is 0 Å². The summed E-state index contributed by atoms with van der Waals surface area (Å²) < 4.78 is 50.6. The Hall–Kier alpha value is -2.48. The zero-order chi connectivity index (χ0) is 22.8. The Labute approximate surface area is 184 Å². The highest BCUT2D eigenvalue weighted by molar-refractivity contribution is 6.32. The van der Waals surface area contributed by atoms with Crippen molar-refractivity contribution in [3.8, 4) is 11.6 Å². The molecule has 0 saturated carbocycles. The second-order valence-corrected chi connectivity index (χ2v) is 8.73. The van der Waals surface area contributed by atoms with Gasteiger partial charge in [0, 0.05) is 24.8 Å². The summed E-state index contributed by atoms with van der Waals surface area (Å²) in [5, 5.41) is -0.508. The van der Waals surface area contributed by atoms with E-state index in [0.717, 1.165) is 11.6 Å². The number of aromatic nitrogens is 1. The van der Waals surface area contributed by atoms with Crippen LogP contribution < -0.4 is 4.74 Å². The van der Waals surface area contributed by atoms with Crippen molar-refractivity contribution >= 4 is 17.7 Å². The molecule has 0 spiro atoms. The van der Waals surface area contributed by atoms with E-state index < -0.39 is 22.4 Å². The fourth-order valence-corrected chi connectivity index (χ4v) is 3.68. The van der Waals surface area contributed by atoms with Crippen molar-refractivity contribution in [2.75, 3.05) is 13.1 Å². The van der Waals surface area contributed by atoms with Crippen LogP contribution in [0.4, 0.5) is 18.0 Å². The second-order valence-electron chi connectivity index (χ2n) is 8.36. The molecule has 0 bridgehead atoms. The minimum atomic E-state index is -4.59. The summed E-state index contributed by atoms with van der Waals surface area (Å²) in [7, 11) is 0. The lowest BCUT2D eigenvalue weighted by molar-refractivity contribution is -0.137. The van der Waals surface area contributed by atoms with Crippen molar-refractivity contribution in [3.05, 3.63) is 52.7 Å². The van der Waals surface area contributed by atoms with E-state index >= 15 is 0 Å². The molecule has 168 valence electrons. The second kappa shape index (κ2) is 8.94. The smallest absolute Gasteiger partial charge is 0.417 e. The Balaban J connectivity index is 1.75. The molecule has 1 aromatic heterocycles. The monoisotopic (exact) mass is 456 g/mol. The number of ether oxygens (including phenoxy) is 2. The van der Waals surface area contributed by atoms with Crippen LogP contribution in [0.5, 0.6) is 11.6 Å². The average molecular weight is 457 g/mol. The lowest BCUT2D eigenvalue weighted by Crippen LogP contribution is -2.41. The van der Waals surface area contributed by atoms with E-state index in [2.05, 4.69) is 4.98 Å². The maximum absolute atomic E-state index is 13.1. The molecule has 1 aliphatic heterocycles. The fraction of sp³-hybridized carbons (Fsp3) is 0.455. The third kappa shape index (κ3) is 5.81. The SMILES string of the molecule is CC(C)(C)OC(=O)N1CCC(c2cccnc2Oc2cccc(C(F)(F)F)c2Cl)CC1. The number of rotatable bonds is 3. The summed E-state index contributed by atoms with van der Waals surface area (Å²) >= 11 is 5.96. The third-order valence-electron chi connectivity index (χ3n) is 4.86. The number of hydrogen-bond donors (Lipinski definition) is 0. The molecule has 1 fully saturated rings. The standard InChI is InChI=1S/C22H24ClF3N2O3/c1-21(2,3)31-20(29)28-12-9-14(10-13-28)15-6-5-11-27-19(15)30-17-8-4-7-16(18(17)23)22(24,25)26/h4-8,11,14H,9-10,12-13H2,1-3H3. The third-order valence-corrected chi connectivity index (χ3v) is 5.25. The first-order chi connectivity index (χ1) is 14.5. The predicted molar refractivity (Wildman–Crippen MR) is 111 cm³/mol. The summed E-state index contributed by atoms with van der Waals surface area (Å²) in [5.41, 5.74) is -0.766. The maximum atomic E-state index is 13.1. The van der Waals surface area contributed by atoms with Crippen molar-refractivity contribution in [1.29, 1.82) is 0 Å². The van der Waals surface area contributed by atoms with Gasteiger partial charge in [0.1, 0.15) is 11.4 Å². The van der Waals surface area contributed by atoms with Crippen LogP contribution in [0.2, 0.25) is 5.02 Å². The van der Waals surface area contributed by atoms with E-state index in [1.54, 1.807) is 11.0 Å². The number of amides is 1. The number of carbonyl (C=O) groups is 1. The molecule has 31 heavy (non-hydrogen) atoms. The van der Waals surface area contributed by atoms with Crippen LogP contribution in [-0.2, 0) is 10.9 Å². The topological polar surface area (TPSA) is 51.7 Å². The lowest BCUT2D eigenvalue weighted by atomic mass is 9.90. The van der Waals surface area contributed by atoms with E-state index in [1.165, 1.54) is 18.3 Å². The van der Waals surface area contributed by atoms with Gasteiger partial charge >= 0.3 is 12.3 Å². The van der Waals surface area contributed by atoms with Crippen molar-refractivity contribution in [3.63, 3.8) is 0 Å². The molecular weight excluding hydrogens is 433 g/mol. The van der Waals surface area contributed by atoms with E-state index in [0.29, 0.717) is 25.9 Å². The molecule has 1 amide bonds. The van der Waals surface area contributed by atoms with E-state index in [1.807, 2.05) is 26.8 Å². The molecule has 3 rings (SSSR count). The van der Waals surface area contributed by atoms with E-state index in [-0.39, 0.29) is 23.6 Å². The van der Waals surface area contributed by atoms with Crippen LogP contribution >= 0.6 is 11.6 Å². The average Bonchev–Trinajstić information content (AvgIpc) is 2.68. The summed E-state index contributed by atoms with van der Waals surface area (Å²) in [5.74, 6) is 0.133. The number of likely N-dealkylation sites (tertiary alicyclic amines) is 1. The van der Waals surface area contributed by atoms with Gasteiger partial charge in [-0.3, -0.25) is 0 Å². The van der Waals surface area contributed by atoms with Gasteiger partial charge < -0.3 is 14.4 Å². The molecule has 0 N–H and O–H groups in total. The number of piperidine rings is 1. The van der Waals surface area contributed by atoms with Crippen LogP contribution in [0, 0.1) is 0 Å². The number of benzene rings is 1. The normalized spacial score (nSPS) is 15.6. The molecule has 9 heteroatoms. The molecule has 2 heterocycles. The zero-order valence-corrected chi connectivity index (χ0v) is 18.3. The van der Waals surface area contributed by atoms with Crippen LogP contribution in [-0.4, -0.2) is 34.7 Å². The number of hydrogen-bond acceptors (Lipinski definition) is 4. The predicted octanol–water partition coefficient (Wildman–Crippen LogP) is 6.66. The Morgan fingerprint density at radius 1 is 1.13 bits per heavy atom. The molecule has 5 nitrogen and oxygen atoms in total. The van der Waals surface area contributed by atoms with Crippen LogP contribution in [0.3, 0.4) is 0 Å². The summed E-state index contributed by atoms with van der Waals surface area (Å²) in [4.78, 5) is 18.1. The maximum Gasteiger partial charge on any atom is 0.417 e. The Bertz CT molecular complexity index is 936. The highest BCUT2D eigenvalue weighted by Crippen LogP contribution is 2.42. The van der Waals surface area contributed by atoms with Crippen LogP contribution in [0.25, 0.3) is 0 Å². The Kier molecular flexibility index (Phi) is 6.69. The van der Waals surface area contributed by atoms with Crippen molar-refractivity contribution in [1.82, 2.24) is 9.88 Å². The molecule has 0 radical (unpaired) electrons. The zero-order valence-electron chi connectivity index (χ0n) is 17.5. The quantitative estimate of drug-likeness (QED) is 0.518. The summed E-state index contributed by atoms with van der Waals surface area (Å²) in [6.45, 7) is 6.44. The minimum Gasteiger partial charge on any atom is -0.444 e. The van der Waals surface area contributed by atoms with Crippen molar-refractivity contribution in [2.45, 2.75) is 51.3 Å². The number of alkyl halides is 3. The highest BCUT2D eigenvalue weighted by Gasteiger charge is 2.35. The number of pyridine rings is 1. The van der Waals surface area contributed by atoms with E-state index in [9.17, 15) is 18.0 Å². The number of halogens is 4. The molecule has 0 atom stereocenters. The first-order valence-corrected chi connectivity index (χ1v) is 10.3. The lowest BCUT2D eigenvalue weighted by Gasteiger charge is -2.33. The summed E-state index contributed by atoms with van der Waals surface area (Å²) in [6.07, 6.45) is -2.13. The fourth-order valence-electron chi connectivity index (χ4n) is 3.41. The minimum absolute atomic E-state index is 0.0342. The molecule has 2 aromatic rings.